The summed E-state index contributed by atoms with van der Waals surface area (Å²) in [4.78, 5) is 5.85. The van der Waals surface area contributed by atoms with Crippen LogP contribution in [0.15, 0.2) is 30.3 Å². The van der Waals surface area contributed by atoms with Gasteiger partial charge in [-0.2, -0.15) is 0 Å². The van der Waals surface area contributed by atoms with Crippen LogP contribution in [0.5, 0.6) is 5.75 Å². The SMILES string of the molecule is [2H]C([2H])Oc1cc(Cl)c(-c2nc(N[C@@H](CC3CC3)c3ccc(CC)c(F)c3)sc2C)cc1C. The average Bonchev–Trinajstić information content (AvgIpc) is 3.50. The fraction of sp³-hybridized carbons (Fsp3) is 0.400. The van der Waals surface area contributed by atoms with Gasteiger partial charge in [-0.1, -0.05) is 43.5 Å². The van der Waals surface area contributed by atoms with Crippen LogP contribution in [0, 0.1) is 25.6 Å². The second-order valence-corrected chi connectivity index (χ2v) is 9.83. The zero-order chi connectivity index (χ0) is 23.7. The molecule has 0 bridgehead atoms. The van der Waals surface area contributed by atoms with Crippen LogP contribution in [0.3, 0.4) is 0 Å². The van der Waals surface area contributed by atoms with Crippen LogP contribution >= 0.6 is 22.9 Å². The molecule has 1 aliphatic carbocycles. The van der Waals surface area contributed by atoms with Gasteiger partial charge in [0.15, 0.2) is 5.13 Å². The lowest BCUT2D eigenvalue weighted by Gasteiger charge is -2.19. The molecule has 1 aliphatic rings. The molecule has 164 valence electrons. The summed E-state index contributed by atoms with van der Waals surface area (Å²) in [5, 5.41) is 4.80. The predicted molar refractivity (Wildman–Crippen MR) is 128 cm³/mol. The van der Waals surface area contributed by atoms with Crippen molar-refractivity contribution in [1.29, 1.82) is 0 Å². The van der Waals surface area contributed by atoms with E-state index in [0.29, 0.717) is 23.1 Å². The summed E-state index contributed by atoms with van der Waals surface area (Å²) in [5.41, 5.74) is 4.04. The molecule has 0 amide bonds. The summed E-state index contributed by atoms with van der Waals surface area (Å²) < 4.78 is 34.4. The predicted octanol–water partition coefficient (Wildman–Crippen LogP) is 7.74. The minimum atomic E-state index is -1.41. The molecule has 0 aliphatic heterocycles. The topological polar surface area (TPSA) is 34.1 Å². The van der Waals surface area contributed by atoms with Crippen molar-refractivity contribution in [2.45, 2.75) is 52.5 Å². The highest BCUT2D eigenvalue weighted by Crippen LogP contribution is 2.42. The number of aryl methyl sites for hydroxylation is 3. The fourth-order valence-corrected chi connectivity index (χ4v) is 4.98. The van der Waals surface area contributed by atoms with Crippen molar-refractivity contribution < 1.29 is 11.9 Å². The molecule has 31 heavy (non-hydrogen) atoms. The number of ether oxygens (including phenoxy) is 1. The van der Waals surface area contributed by atoms with Crippen LogP contribution in [-0.2, 0) is 6.42 Å². The Labute approximate surface area is 195 Å². The average molecular weight is 461 g/mol. The molecule has 2 aromatic carbocycles. The molecule has 6 heteroatoms. The van der Waals surface area contributed by atoms with E-state index in [9.17, 15) is 4.39 Å². The van der Waals surface area contributed by atoms with Gasteiger partial charge in [0.25, 0.3) is 0 Å². The van der Waals surface area contributed by atoms with Gasteiger partial charge < -0.3 is 10.1 Å². The molecule has 1 aromatic heterocycles. The smallest absolute Gasteiger partial charge is 0.183 e. The molecule has 1 fully saturated rings. The van der Waals surface area contributed by atoms with E-state index >= 15 is 0 Å². The van der Waals surface area contributed by atoms with Gasteiger partial charge in [-0.3, -0.25) is 0 Å². The highest BCUT2D eigenvalue weighted by Gasteiger charge is 2.27. The Morgan fingerprint density at radius 2 is 2.13 bits per heavy atom. The number of methoxy groups -OCH3 is 1. The third kappa shape index (κ3) is 4.88. The quantitative estimate of drug-likeness (QED) is 0.373. The Bertz CT molecular complexity index is 1150. The fourth-order valence-electron chi connectivity index (χ4n) is 3.86. The first kappa shape index (κ1) is 19.6. The molecular formula is C25H28ClFN2OS. The molecule has 0 unspecified atom stereocenters. The molecule has 4 rings (SSSR count). The van der Waals surface area contributed by atoms with Gasteiger partial charge >= 0.3 is 0 Å². The molecule has 3 nitrogen and oxygen atoms in total. The normalized spacial score (nSPS) is 15.5. The van der Waals surface area contributed by atoms with Crippen LogP contribution in [-0.4, -0.2) is 12.0 Å². The van der Waals surface area contributed by atoms with Gasteiger partial charge in [0.1, 0.15) is 11.6 Å². The lowest BCUT2D eigenvalue weighted by atomic mass is 9.99. The van der Waals surface area contributed by atoms with E-state index in [-0.39, 0.29) is 11.9 Å². The molecule has 0 spiro atoms. The minimum absolute atomic E-state index is 0.00432. The molecule has 1 heterocycles. The van der Waals surface area contributed by atoms with E-state index in [4.69, 9.17) is 24.1 Å². The Balaban J connectivity index is 1.61. The maximum atomic E-state index is 14.5. The minimum Gasteiger partial charge on any atom is -0.496 e. The van der Waals surface area contributed by atoms with E-state index in [0.717, 1.165) is 44.4 Å². The van der Waals surface area contributed by atoms with Crippen molar-refractivity contribution in [2.75, 3.05) is 12.4 Å². The third-order valence-electron chi connectivity index (χ3n) is 5.87. The van der Waals surface area contributed by atoms with E-state index in [2.05, 4.69) is 5.32 Å². The van der Waals surface area contributed by atoms with Crippen LogP contribution in [0.4, 0.5) is 9.52 Å². The van der Waals surface area contributed by atoms with E-state index < -0.39 is 7.06 Å². The van der Waals surface area contributed by atoms with Gasteiger partial charge in [0.2, 0.25) is 0 Å². The van der Waals surface area contributed by atoms with Crippen LogP contribution < -0.4 is 10.1 Å². The number of aromatic nitrogens is 1. The number of benzene rings is 2. The zero-order valence-corrected chi connectivity index (χ0v) is 19.5. The van der Waals surface area contributed by atoms with Crippen LogP contribution in [0.25, 0.3) is 11.3 Å². The number of halogens is 2. The lowest BCUT2D eigenvalue weighted by Crippen LogP contribution is -2.12. The van der Waals surface area contributed by atoms with Crippen LogP contribution in [0.2, 0.25) is 5.02 Å². The van der Waals surface area contributed by atoms with E-state index in [1.165, 1.54) is 12.8 Å². The van der Waals surface area contributed by atoms with Crippen LogP contribution in [0.1, 0.15) is 56.5 Å². The number of rotatable bonds is 8. The molecule has 1 atom stereocenters. The second kappa shape index (κ2) is 9.17. The van der Waals surface area contributed by atoms with Gasteiger partial charge in [-0.15, -0.1) is 11.3 Å². The number of nitrogens with one attached hydrogen (secondary N) is 1. The van der Waals surface area contributed by atoms with Crippen molar-refractivity contribution >= 4 is 28.1 Å². The Morgan fingerprint density at radius 1 is 1.32 bits per heavy atom. The Kier molecular flexibility index (Phi) is 5.79. The first-order valence-corrected chi connectivity index (χ1v) is 11.8. The van der Waals surface area contributed by atoms with Gasteiger partial charge in [-0.25, -0.2) is 9.37 Å². The maximum absolute atomic E-state index is 14.5. The largest absolute Gasteiger partial charge is 0.496 e. The number of nitrogens with zero attached hydrogens (tertiary/aromatic N) is 1. The van der Waals surface area contributed by atoms with E-state index in [1.807, 2.05) is 39.0 Å². The Hall–Kier alpha value is -2.11. The first-order valence-electron chi connectivity index (χ1n) is 11.7. The summed E-state index contributed by atoms with van der Waals surface area (Å²) in [5.74, 6) is 0.937. The van der Waals surface area contributed by atoms with Gasteiger partial charge in [0, 0.05) is 10.4 Å². The highest BCUT2D eigenvalue weighted by molar-refractivity contribution is 7.16. The van der Waals surface area contributed by atoms with Crippen molar-refractivity contribution in [1.82, 2.24) is 4.98 Å². The second-order valence-electron chi connectivity index (χ2n) is 8.22. The number of thiazole rings is 1. The number of anilines is 1. The third-order valence-corrected chi connectivity index (χ3v) is 7.08. The molecule has 3 aromatic rings. The lowest BCUT2D eigenvalue weighted by molar-refractivity contribution is 0.412. The summed E-state index contributed by atoms with van der Waals surface area (Å²) in [7, 11) is -1.41. The molecule has 1 saturated carbocycles. The van der Waals surface area contributed by atoms with Crippen molar-refractivity contribution in [3.8, 4) is 17.0 Å². The first-order chi connectivity index (χ1) is 15.7. The Morgan fingerprint density at radius 3 is 2.81 bits per heavy atom. The summed E-state index contributed by atoms with van der Waals surface area (Å²) >= 11 is 8.08. The van der Waals surface area contributed by atoms with E-state index in [1.54, 1.807) is 23.5 Å². The molecule has 0 radical (unpaired) electrons. The maximum Gasteiger partial charge on any atom is 0.183 e. The van der Waals surface area contributed by atoms with Gasteiger partial charge in [-0.05, 0) is 67.5 Å². The van der Waals surface area contributed by atoms with Crippen molar-refractivity contribution in [3.63, 3.8) is 0 Å². The molecular weight excluding hydrogens is 431 g/mol. The highest BCUT2D eigenvalue weighted by atomic mass is 35.5. The summed E-state index contributed by atoms with van der Waals surface area (Å²) in [6, 6.07) is 9.08. The van der Waals surface area contributed by atoms with Gasteiger partial charge in [0.05, 0.1) is 26.6 Å². The molecule has 1 N–H and O–H groups in total. The summed E-state index contributed by atoms with van der Waals surface area (Å²) in [6.45, 7) is 5.82. The zero-order valence-electron chi connectivity index (χ0n) is 20.0. The number of hydrogen-bond acceptors (Lipinski definition) is 4. The summed E-state index contributed by atoms with van der Waals surface area (Å²) in [6.07, 6.45) is 4.07. The monoisotopic (exact) mass is 460 g/mol. The standard InChI is InChI=1S/C25H28ClFN2OS/c1-5-17-8-9-18(12-21(17)27)22(11-16-6-7-16)28-25-29-24(15(3)31-25)19-10-14(2)23(30-4)13-20(19)26/h8-10,12-13,16,22H,5-7,11H2,1-4H3,(H,28,29)/t22-/m0/s1/i4D2. The number of hydrogen-bond donors (Lipinski definition) is 1. The molecule has 0 saturated heterocycles. The van der Waals surface area contributed by atoms with Crippen molar-refractivity contribution in [3.05, 3.63) is 62.7 Å². The van der Waals surface area contributed by atoms with Crippen molar-refractivity contribution in [2.24, 2.45) is 5.92 Å².